The van der Waals surface area contributed by atoms with Gasteiger partial charge in [-0.25, -0.2) is 4.68 Å². The summed E-state index contributed by atoms with van der Waals surface area (Å²) in [5.74, 6) is -0.0474. The molecule has 2 rings (SSSR count). The van der Waals surface area contributed by atoms with E-state index in [2.05, 4.69) is 27.1 Å². The molecule has 0 radical (unpaired) electrons. The fourth-order valence-corrected chi connectivity index (χ4v) is 3.14. The number of rotatable bonds is 8. The van der Waals surface area contributed by atoms with Gasteiger partial charge in [-0.15, -0.1) is 5.10 Å². The molecule has 0 amide bonds. The van der Waals surface area contributed by atoms with Crippen molar-refractivity contribution in [2.24, 2.45) is 0 Å². The van der Waals surface area contributed by atoms with Crippen molar-refractivity contribution in [1.82, 2.24) is 9.78 Å². The maximum absolute atomic E-state index is 11.1. The fraction of sp³-hybridized carbons (Fsp3) is 0.700. The molecule has 21 heavy (non-hydrogen) atoms. The summed E-state index contributed by atoms with van der Waals surface area (Å²) in [7, 11) is 0. The molecule has 2 atom stereocenters. The molecule has 8 nitrogen and oxygen atoms in total. The molecule has 1 saturated heterocycles. The fourth-order valence-electron chi connectivity index (χ4n) is 1.93. The van der Waals surface area contributed by atoms with Crippen molar-refractivity contribution >= 4 is 45.8 Å². The van der Waals surface area contributed by atoms with Gasteiger partial charge in [0.1, 0.15) is 0 Å². The molecule has 0 aromatic carbocycles. The lowest BCUT2D eigenvalue weighted by molar-refractivity contribution is -0.385. The molecule has 1 aliphatic heterocycles. The van der Waals surface area contributed by atoms with Gasteiger partial charge in [-0.1, -0.05) is 11.6 Å². The first-order valence-corrected chi connectivity index (χ1v) is 10.7. The summed E-state index contributed by atoms with van der Waals surface area (Å²) >= 11 is 8.19. The van der Waals surface area contributed by atoms with Gasteiger partial charge in [-0.3, -0.25) is 10.1 Å². The van der Waals surface area contributed by atoms with E-state index in [1.165, 1.54) is 4.68 Å². The first-order valence-electron chi connectivity index (χ1n) is 6.25. The molecule has 118 valence electrons. The van der Waals surface area contributed by atoms with E-state index in [-0.39, 0.29) is 29.4 Å². The number of hydrogen-bond donors (Lipinski definition) is 0. The summed E-state index contributed by atoms with van der Waals surface area (Å²) in [6.07, 6.45) is 1.35. The van der Waals surface area contributed by atoms with E-state index in [4.69, 9.17) is 25.6 Å². The molecule has 0 bridgehead atoms. The molecule has 1 fully saturated rings. The Kier molecular flexibility index (Phi) is 6.87. The van der Waals surface area contributed by atoms with Crippen molar-refractivity contribution in [3.63, 3.8) is 0 Å². The molecule has 1 aromatic rings. The molecule has 1 aliphatic rings. The van der Waals surface area contributed by atoms with Crippen molar-refractivity contribution in [3.05, 3.63) is 15.3 Å². The quantitative estimate of drug-likeness (QED) is 0.199. The van der Waals surface area contributed by atoms with E-state index in [0.717, 1.165) is 6.42 Å². The normalized spacial score (nSPS) is 18.7. The molecular weight excluding hydrogens is 435 g/mol. The minimum Gasteiger partial charge on any atom is -0.472 e. The predicted molar refractivity (Wildman–Crippen MR) is 86.8 cm³/mol. The van der Waals surface area contributed by atoms with Crippen LogP contribution in [0.1, 0.15) is 18.9 Å². The van der Waals surface area contributed by atoms with Crippen molar-refractivity contribution in [2.45, 2.75) is 18.9 Å². The van der Waals surface area contributed by atoms with Crippen LogP contribution >= 0.6 is 40.1 Å². The monoisotopic (exact) mass is 449 g/mol. The smallest absolute Gasteiger partial charge is 0.368 e. The standard InChI is InChI=1S/C10H14ClIN3O5P/c11-9-8(15(16)17)10(19-3-1-4-20-21-12)13-14(9)7-2-5-18-6-7/h7,21H,1-6H2. The highest BCUT2D eigenvalue weighted by molar-refractivity contribution is 14.2. The summed E-state index contributed by atoms with van der Waals surface area (Å²) < 4.78 is 17.3. The van der Waals surface area contributed by atoms with Crippen LogP contribution in [0.3, 0.4) is 0 Å². The molecule has 0 N–H and O–H groups in total. The molecule has 2 heterocycles. The van der Waals surface area contributed by atoms with Gasteiger partial charge in [-0.2, -0.15) is 0 Å². The van der Waals surface area contributed by atoms with E-state index in [0.29, 0.717) is 32.7 Å². The SMILES string of the molecule is O=[N+]([O-])c1c(OCCCOPI)nn(C2CCOC2)c1Cl. The zero-order chi connectivity index (χ0) is 15.2. The lowest BCUT2D eigenvalue weighted by Crippen LogP contribution is -2.10. The Morgan fingerprint density at radius 2 is 2.43 bits per heavy atom. The van der Waals surface area contributed by atoms with Gasteiger partial charge in [0.05, 0.1) is 37.2 Å². The summed E-state index contributed by atoms with van der Waals surface area (Å²) in [5, 5.41) is 15.3. The Bertz CT molecular complexity index is 497. The lowest BCUT2D eigenvalue weighted by Gasteiger charge is -2.07. The summed E-state index contributed by atoms with van der Waals surface area (Å²) in [6, 6.07) is -0.0860. The van der Waals surface area contributed by atoms with Crippen LogP contribution in [0.25, 0.3) is 0 Å². The topological polar surface area (TPSA) is 88.7 Å². The van der Waals surface area contributed by atoms with Crippen LogP contribution in [0.4, 0.5) is 5.69 Å². The highest BCUT2D eigenvalue weighted by Crippen LogP contribution is 2.37. The Balaban J connectivity index is 2.07. The highest BCUT2D eigenvalue weighted by atomic mass is 127. The van der Waals surface area contributed by atoms with E-state index in [1.807, 2.05) is 0 Å². The average Bonchev–Trinajstić information content (AvgIpc) is 3.06. The van der Waals surface area contributed by atoms with E-state index in [9.17, 15) is 10.1 Å². The number of nitro groups is 1. The minimum absolute atomic E-state index is 0.0181. The third kappa shape index (κ3) is 4.38. The molecular formula is C10H14ClIN3O5P. The number of nitrogens with zero attached hydrogens (tertiary/aromatic N) is 3. The van der Waals surface area contributed by atoms with Crippen LogP contribution < -0.4 is 4.74 Å². The molecule has 0 spiro atoms. The predicted octanol–water partition coefficient (Wildman–Crippen LogP) is 3.14. The Labute approximate surface area is 140 Å². The first-order chi connectivity index (χ1) is 10.1. The van der Waals surface area contributed by atoms with Gasteiger partial charge in [0, 0.05) is 13.0 Å². The van der Waals surface area contributed by atoms with Gasteiger partial charge in [0.2, 0.25) is 5.15 Å². The number of halogens is 2. The molecule has 2 unspecified atom stereocenters. The second-order valence-electron chi connectivity index (χ2n) is 4.29. The van der Waals surface area contributed by atoms with E-state index < -0.39 is 4.92 Å². The second-order valence-corrected chi connectivity index (χ2v) is 6.41. The van der Waals surface area contributed by atoms with Crippen LogP contribution in [-0.4, -0.2) is 41.1 Å². The largest absolute Gasteiger partial charge is 0.472 e. The number of aromatic nitrogens is 2. The zero-order valence-corrected chi connectivity index (χ0v) is 14.9. The van der Waals surface area contributed by atoms with Gasteiger partial charge < -0.3 is 14.0 Å². The second kappa shape index (κ2) is 8.42. The van der Waals surface area contributed by atoms with Crippen LogP contribution in [-0.2, 0) is 9.26 Å². The van der Waals surface area contributed by atoms with Crippen LogP contribution in [0.15, 0.2) is 0 Å². The van der Waals surface area contributed by atoms with Crippen molar-refractivity contribution in [1.29, 1.82) is 0 Å². The summed E-state index contributed by atoms with van der Waals surface area (Å²) in [6.45, 7) is 2.26. The average molecular weight is 450 g/mol. The first kappa shape index (κ1) is 17.1. The zero-order valence-electron chi connectivity index (χ0n) is 11.0. The minimum atomic E-state index is -0.570. The van der Waals surface area contributed by atoms with E-state index >= 15 is 0 Å². The third-order valence-corrected chi connectivity index (χ3v) is 4.52. The van der Waals surface area contributed by atoms with Crippen LogP contribution in [0.5, 0.6) is 5.88 Å². The van der Waals surface area contributed by atoms with Gasteiger partial charge in [0.15, 0.2) is 0 Å². The highest BCUT2D eigenvalue weighted by Gasteiger charge is 2.32. The van der Waals surface area contributed by atoms with Gasteiger partial charge >= 0.3 is 11.6 Å². The van der Waals surface area contributed by atoms with Crippen molar-refractivity contribution in [3.8, 4) is 5.88 Å². The van der Waals surface area contributed by atoms with Crippen molar-refractivity contribution < 1.29 is 18.9 Å². The Morgan fingerprint density at radius 1 is 1.62 bits per heavy atom. The van der Waals surface area contributed by atoms with E-state index in [1.54, 1.807) is 0 Å². The maximum atomic E-state index is 11.1. The number of hydrogen-bond acceptors (Lipinski definition) is 6. The Hall–Kier alpha value is -0.220. The third-order valence-electron chi connectivity index (χ3n) is 2.92. The molecule has 0 saturated carbocycles. The summed E-state index contributed by atoms with van der Waals surface area (Å²) in [4.78, 5) is 10.6. The van der Waals surface area contributed by atoms with Crippen LogP contribution in [0, 0.1) is 10.1 Å². The van der Waals surface area contributed by atoms with Gasteiger partial charge in [0.25, 0.3) is 0 Å². The lowest BCUT2D eigenvalue weighted by atomic mass is 10.3. The molecule has 1 aromatic heterocycles. The molecule has 0 aliphatic carbocycles. The van der Waals surface area contributed by atoms with Gasteiger partial charge in [-0.05, 0) is 28.5 Å². The Morgan fingerprint density at radius 3 is 3.05 bits per heavy atom. The summed E-state index contributed by atoms with van der Waals surface area (Å²) in [5.41, 5.74) is -0.291. The molecule has 11 heteroatoms. The van der Waals surface area contributed by atoms with Crippen molar-refractivity contribution in [2.75, 3.05) is 26.4 Å². The number of ether oxygens (including phenoxy) is 2. The maximum Gasteiger partial charge on any atom is 0.368 e. The van der Waals surface area contributed by atoms with Crippen LogP contribution in [0.2, 0.25) is 5.15 Å².